The van der Waals surface area contributed by atoms with Gasteiger partial charge in [0.15, 0.2) is 0 Å². The van der Waals surface area contributed by atoms with Crippen LogP contribution in [0.3, 0.4) is 0 Å². The van der Waals surface area contributed by atoms with Crippen LogP contribution in [0.1, 0.15) is 40.2 Å². The number of hydrogen-bond acceptors (Lipinski definition) is 2. The summed E-state index contributed by atoms with van der Waals surface area (Å²) in [5, 5.41) is 2.40. The molecule has 1 atom stereocenters. The van der Waals surface area contributed by atoms with E-state index in [-0.39, 0.29) is 18.3 Å². The molecule has 1 heterocycles. The van der Waals surface area contributed by atoms with Crippen molar-refractivity contribution < 1.29 is 9.31 Å². The van der Waals surface area contributed by atoms with Crippen LogP contribution < -0.4 is 5.46 Å². The number of rotatable bonds is 3. The highest BCUT2D eigenvalue weighted by molar-refractivity contribution is 6.65. The number of allylic oxidation sites excluding steroid dienone is 4. The summed E-state index contributed by atoms with van der Waals surface area (Å²) < 4.78 is 12.7. The fourth-order valence-electron chi connectivity index (χ4n) is 4.46. The third kappa shape index (κ3) is 3.46. The van der Waals surface area contributed by atoms with E-state index in [1.807, 2.05) is 0 Å². The van der Waals surface area contributed by atoms with Crippen molar-refractivity contribution in [1.29, 1.82) is 0 Å². The summed E-state index contributed by atoms with van der Waals surface area (Å²) in [7, 11) is -0.370. The Morgan fingerprint density at radius 2 is 1.45 bits per heavy atom. The Kier molecular flexibility index (Phi) is 4.73. The molecule has 2 aliphatic rings. The minimum Gasteiger partial charge on any atom is -0.399 e. The van der Waals surface area contributed by atoms with E-state index in [1.54, 1.807) is 0 Å². The van der Waals surface area contributed by atoms with Crippen molar-refractivity contribution in [2.45, 2.75) is 45.8 Å². The average Bonchev–Trinajstić information content (AvgIpc) is 3.27. The van der Waals surface area contributed by atoms with E-state index in [4.69, 9.17) is 9.31 Å². The highest BCUT2D eigenvalue weighted by Crippen LogP contribution is 2.38. The van der Waals surface area contributed by atoms with Crippen molar-refractivity contribution in [1.82, 2.24) is 0 Å². The molecular formula is C28H29BO2. The Morgan fingerprint density at radius 1 is 0.774 bits per heavy atom. The maximum absolute atomic E-state index is 6.36. The lowest BCUT2D eigenvalue weighted by Gasteiger charge is -2.32. The molecule has 1 unspecified atom stereocenters. The quantitative estimate of drug-likeness (QED) is 0.467. The predicted octanol–water partition coefficient (Wildman–Crippen LogP) is 6.40. The highest BCUT2D eigenvalue weighted by atomic mass is 16.7. The van der Waals surface area contributed by atoms with Crippen LogP contribution in [0.5, 0.6) is 0 Å². The molecule has 1 aliphatic heterocycles. The maximum atomic E-state index is 6.36. The van der Waals surface area contributed by atoms with Crippen LogP contribution in [-0.4, -0.2) is 18.3 Å². The van der Waals surface area contributed by atoms with Crippen LogP contribution >= 0.6 is 0 Å². The van der Waals surface area contributed by atoms with Gasteiger partial charge in [0.05, 0.1) is 11.2 Å². The summed E-state index contributed by atoms with van der Waals surface area (Å²) in [4.78, 5) is 0. The second kappa shape index (κ2) is 7.22. The second-order valence-electron chi connectivity index (χ2n) is 9.76. The van der Waals surface area contributed by atoms with Gasteiger partial charge in [-0.1, -0.05) is 79.7 Å². The fraction of sp³-hybridized carbons (Fsp3) is 0.286. The van der Waals surface area contributed by atoms with Gasteiger partial charge in [-0.25, -0.2) is 0 Å². The van der Waals surface area contributed by atoms with Gasteiger partial charge in [-0.15, -0.1) is 0 Å². The van der Waals surface area contributed by atoms with E-state index in [2.05, 4.69) is 114 Å². The van der Waals surface area contributed by atoms with Crippen molar-refractivity contribution >= 4 is 28.9 Å². The van der Waals surface area contributed by atoms with E-state index in [0.717, 1.165) is 5.46 Å². The first-order chi connectivity index (χ1) is 14.7. The standard InChI is InChI=1S/C28H29BO2/c1-19-13-14-21(17-19)20-9-8-10-22(18-20)23-15-16-26(25-12-7-6-11-24(23)25)29-30-27(2,3)28(4,5)31-29/h6-19H,1-5H3. The Morgan fingerprint density at radius 3 is 2.13 bits per heavy atom. The molecule has 1 saturated heterocycles. The topological polar surface area (TPSA) is 18.5 Å². The summed E-state index contributed by atoms with van der Waals surface area (Å²) in [6.45, 7) is 10.6. The molecule has 156 valence electrons. The number of fused-ring (bicyclic) bond motifs is 1. The minimum absolute atomic E-state index is 0.356. The lowest BCUT2D eigenvalue weighted by Crippen LogP contribution is -2.41. The Balaban J connectivity index is 1.60. The molecule has 0 N–H and O–H groups in total. The van der Waals surface area contributed by atoms with Crippen LogP contribution in [0.4, 0.5) is 0 Å². The van der Waals surface area contributed by atoms with Gasteiger partial charge < -0.3 is 9.31 Å². The van der Waals surface area contributed by atoms with Gasteiger partial charge in [-0.2, -0.15) is 0 Å². The number of hydrogen-bond donors (Lipinski definition) is 0. The summed E-state index contributed by atoms with van der Waals surface area (Å²) in [5.74, 6) is 0.499. The second-order valence-corrected chi connectivity index (χ2v) is 9.76. The van der Waals surface area contributed by atoms with Crippen molar-refractivity contribution in [2.75, 3.05) is 0 Å². The number of benzene rings is 3. The minimum atomic E-state index is -0.370. The third-order valence-corrected chi connectivity index (χ3v) is 6.99. The maximum Gasteiger partial charge on any atom is 0.495 e. The zero-order valence-electron chi connectivity index (χ0n) is 19.0. The molecule has 3 aromatic rings. The Labute approximate surface area is 185 Å². The molecule has 3 heteroatoms. The summed E-state index contributed by atoms with van der Waals surface area (Å²) in [6.07, 6.45) is 6.79. The molecule has 31 heavy (non-hydrogen) atoms. The molecule has 2 nitrogen and oxygen atoms in total. The molecule has 0 radical (unpaired) electrons. The normalized spacial score (nSPS) is 21.6. The average molecular weight is 408 g/mol. The monoisotopic (exact) mass is 408 g/mol. The van der Waals surface area contributed by atoms with E-state index in [0.29, 0.717) is 5.92 Å². The lowest BCUT2D eigenvalue weighted by molar-refractivity contribution is 0.00578. The molecule has 5 rings (SSSR count). The molecule has 0 saturated carbocycles. The van der Waals surface area contributed by atoms with Crippen LogP contribution in [0.25, 0.3) is 27.5 Å². The first-order valence-electron chi connectivity index (χ1n) is 11.1. The lowest BCUT2D eigenvalue weighted by atomic mass is 9.75. The third-order valence-electron chi connectivity index (χ3n) is 6.99. The van der Waals surface area contributed by atoms with Crippen molar-refractivity contribution in [2.24, 2.45) is 5.92 Å². The summed E-state index contributed by atoms with van der Waals surface area (Å²) in [5.41, 5.74) is 5.39. The first kappa shape index (κ1) is 20.3. The van der Waals surface area contributed by atoms with Crippen LogP contribution in [0.2, 0.25) is 0 Å². The van der Waals surface area contributed by atoms with Crippen LogP contribution in [0.15, 0.2) is 78.9 Å². The van der Waals surface area contributed by atoms with Crippen molar-refractivity contribution in [3.63, 3.8) is 0 Å². The smallest absolute Gasteiger partial charge is 0.399 e. The van der Waals surface area contributed by atoms with E-state index >= 15 is 0 Å². The fourth-order valence-corrected chi connectivity index (χ4v) is 4.46. The largest absolute Gasteiger partial charge is 0.495 e. The molecular weight excluding hydrogens is 379 g/mol. The zero-order valence-corrected chi connectivity index (χ0v) is 19.0. The van der Waals surface area contributed by atoms with Crippen LogP contribution in [0, 0.1) is 5.92 Å². The van der Waals surface area contributed by atoms with Gasteiger partial charge in [-0.05, 0) is 78.2 Å². The first-order valence-corrected chi connectivity index (χ1v) is 11.1. The Hall–Kier alpha value is -2.62. The van der Waals surface area contributed by atoms with Crippen molar-refractivity contribution in [3.05, 3.63) is 84.5 Å². The summed E-state index contributed by atoms with van der Waals surface area (Å²) in [6, 6.07) is 21.8. The van der Waals surface area contributed by atoms with Gasteiger partial charge in [0, 0.05) is 0 Å². The van der Waals surface area contributed by atoms with Gasteiger partial charge >= 0.3 is 7.12 Å². The summed E-state index contributed by atoms with van der Waals surface area (Å²) >= 11 is 0. The van der Waals surface area contributed by atoms with Gasteiger partial charge in [0.2, 0.25) is 0 Å². The molecule has 0 bridgehead atoms. The van der Waals surface area contributed by atoms with E-state index in [1.165, 1.54) is 33.0 Å². The molecule has 0 aromatic heterocycles. The van der Waals surface area contributed by atoms with Gasteiger partial charge in [0.25, 0.3) is 0 Å². The van der Waals surface area contributed by atoms with E-state index in [9.17, 15) is 0 Å². The molecule has 1 fully saturated rings. The Bertz CT molecular complexity index is 1200. The predicted molar refractivity (Wildman–Crippen MR) is 131 cm³/mol. The van der Waals surface area contributed by atoms with Gasteiger partial charge in [-0.3, -0.25) is 0 Å². The molecule has 0 amide bonds. The molecule has 0 spiro atoms. The van der Waals surface area contributed by atoms with Crippen LogP contribution in [-0.2, 0) is 9.31 Å². The SMILES string of the molecule is CC1C=CC(c2cccc(-c3ccc(B4OC(C)(C)C(C)(C)O4)c4ccccc34)c2)=C1. The van der Waals surface area contributed by atoms with Crippen molar-refractivity contribution in [3.8, 4) is 11.1 Å². The zero-order chi connectivity index (χ0) is 21.8. The van der Waals surface area contributed by atoms with E-state index < -0.39 is 0 Å². The molecule has 1 aliphatic carbocycles. The van der Waals surface area contributed by atoms with Gasteiger partial charge in [0.1, 0.15) is 0 Å². The highest BCUT2D eigenvalue weighted by Gasteiger charge is 2.52. The molecule has 3 aromatic carbocycles.